The Kier molecular flexibility index (Phi) is 4.27. The first-order valence-corrected chi connectivity index (χ1v) is 7.51. The van der Waals surface area contributed by atoms with Gasteiger partial charge in [0.2, 0.25) is 0 Å². The van der Waals surface area contributed by atoms with E-state index in [1.54, 1.807) is 12.1 Å². The summed E-state index contributed by atoms with van der Waals surface area (Å²) >= 11 is 0. The molecule has 130 valence electrons. The van der Waals surface area contributed by atoms with E-state index in [4.69, 9.17) is 5.73 Å². The Balaban J connectivity index is 1.51. The van der Waals surface area contributed by atoms with Crippen molar-refractivity contribution in [3.8, 4) is 11.5 Å². The molecule has 1 atom stereocenters. The molecule has 2 amide bonds. The average molecular weight is 341 g/mol. The van der Waals surface area contributed by atoms with Gasteiger partial charge < -0.3 is 20.5 Å². The van der Waals surface area contributed by atoms with Crippen molar-refractivity contribution in [3.63, 3.8) is 0 Å². The highest BCUT2D eigenvalue weighted by Crippen LogP contribution is 2.41. The van der Waals surface area contributed by atoms with Crippen LogP contribution < -0.4 is 20.5 Å². The van der Waals surface area contributed by atoms with Gasteiger partial charge in [-0.15, -0.1) is 8.78 Å². The summed E-state index contributed by atoms with van der Waals surface area (Å²) in [5.74, 6) is -1.52. The van der Waals surface area contributed by atoms with E-state index >= 15 is 0 Å². The number of carbonyl (C=O) groups is 2. The highest BCUT2D eigenvalue weighted by molar-refractivity contribution is 6.34. The molecule has 1 saturated heterocycles. The fourth-order valence-corrected chi connectivity index (χ4v) is 2.90. The number of nitrogens with two attached hydrogens (primary N) is 1. The summed E-state index contributed by atoms with van der Waals surface area (Å²) in [6, 6.07) is 4.72. The standard InChI is InChI=1S/C15H17F2N3O4/c16-15(17)23-11-2-1-9(5-12(11)24-15)7-20-4-3-10(8-20)6-19-14(22)13(18)21/h1-2,5,10H,3-4,6-8H2,(H2,18,21)(H,19,22). The zero-order valence-electron chi connectivity index (χ0n) is 12.8. The quantitative estimate of drug-likeness (QED) is 0.775. The van der Waals surface area contributed by atoms with Gasteiger partial charge in [0, 0.05) is 19.6 Å². The average Bonchev–Trinajstić information content (AvgIpc) is 3.06. The third-order valence-electron chi connectivity index (χ3n) is 4.02. The van der Waals surface area contributed by atoms with Crippen molar-refractivity contribution >= 4 is 11.8 Å². The Morgan fingerprint density at radius 2 is 2.08 bits per heavy atom. The maximum absolute atomic E-state index is 13.0. The summed E-state index contributed by atoms with van der Waals surface area (Å²) in [7, 11) is 0. The molecule has 0 saturated carbocycles. The molecule has 1 unspecified atom stereocenters. The van der Waals surface area contributed by atoms with Crippen LogP contribution in [0, 0.1) is 5.92 Å². The largest absolute Gasteiger partial charge is 0.586 e. The SMILES string of the molecule is NC(=O)C(=O)NCC1CCN(Cc2ccc3c(c2)OC(F)(F)O3)C1. The van der Waals surface area contributed by atoms with Gasteiger partial charge in [-0.1, -0.05) is 6.07 Å². The van der Waals surface area contributed by atoms with Crippen LogP contribution >= 0.6 is 0 Å². The van der Waals surface area contributed by atoms with Gasteiger partial charge in [0.25, 0.3) is 0 Å². The summed E-state index contributed by atoms with van der Waals surface area (Å²) in [4.78, 5) is 24.0. The van der Waals surface area contributed by atoms with E-state index in [2.05, 4.69) is 19.7 Å². The normalized spacial score (nSPS) is 21.7. The van der Waals surface area contributed by atoms with E-state index in [-0.39, 0.29) is 17.4 Å². The molecule has 7 nitrogen and oxygen atoms in total. The second-order valence-electron chi connectivity index (χ2n) is 5.91. The van der Waals surface area contributed by atoms with Crippen molar-refractivity contribution in [2.45, 2.75) is 19.3 Å². The molecular formula is C15H17F2N3O4. The number of benzene rings is 1. The second kappa shape index (κ2) is 6.23. The smallest absolute Gasteiger partial charge is 0.395 e. The Hall–Kier alpha value is -2.42. The molecule has 9 heteroatoms. The van der Waals surface area contributed by atoms with Crippen LogP contribution in [0.1, 0.15) is 12.0 Å². The van der Waals surface area contributed by atoms with Crippen LogP contribution in [0.4, 0.5) is 8.78 Å². The molecule has 24 heavy (non-hydrogen) atoms. The van der Waals surface area contributed by atoms with E-state index < -0.39 is 18.1 Å². The minimum atomic E-state index is -3.61. The van der Waals surface area contributed by atoms with Crippen molar-refractivity contribution in [3.05, 3.63) is 23.8 Å². The second-order valence-corrected chi connectivity index (χ2v) is 5.91. The molecule has 3 N–H and O–H groups in total. The number of nitrogens with one attached hydrogen (secondary N) is 1. The Bertz CT molecular complexity index is 668. The molecule has 0 radical (unpaired) electrons. The van der Waals surface area contributed by atoms with Crippen molar-refractivity contribution in [1.82, 2.24) is 10.2 Å². The van der Waals surface area contributed by atoms with Crippen LogP contribution in [0.2, 0.25) is 0 Å². The molecule has 1 aromatic carbocycles. The van der Waals surface area contributed by atoms with Crippen LogP contribution in [-0.2, 0) is 16.1 Å². The van der Waals surface area contributed by atoms with Gasteiger partial charge in [-0.3, -0.25) is 14.5 Å². The summed E-state index contributed by atoms with van der Waals surface area (Å²) in [5, 5.41) is 2.49. The van der Waals surface area contributed by atoms with E-state index in [1.165, 1.54) is 6.07 Å². The molecule has 2 aliphatic heterocycles. The molecule has 0 bridgehead atoms. The zero-order chi connectivity index (χ0) is 17.3. The maximum atomic E-state index is 13.0. The maximum Gasteiger partial charge on any atom is 0.586 e. The van der Waals surface area contributed by atoms with Crippen molar-refractivity contribution in [2.75, 3.05) is 19.6 Å². The van der Waals surface area contributed by atoms with Gasteiger partial charge in [0.15, 0.2) is 11.5 Å². The van der Waals surface area contributed by atoms with Gasteiger partial charge in [-0.2, -0.15) is 0 Å². The Morgan fingerprint density at radius 1 is 1.33 bits per heavy atom. The summed E-state index contributed by atoms with van der Waals surface area (Å²) < 4.78 is 34.8. The molecule has 2 aliphatic rings. The van der Waals surface area contributed by atoms with Crippen molar-refractivity contribution in [2.24, 2.45) is 11.7 Å². The third-order valence-corrected chi connectivity index (χ3v) is 4.02. The Labute approximate surface area is 136 Å². The van der Waals surface area contributed by atoms with Crippen LogP contribution in [0.5, 0.6) is 11.5 Å². The molecule has 2 heterocycles. The van der Waals surface area contributed by atoms with Crippen LogP contribution in [0.3, 0.4) is 0 Å². The van der Waals surface area contributed by atoms with Crippen LogP contribution in [-0.4, -0.2) is 42.6 Å². The number of alkyl halides is 2. The predicted octanol–water partition coefficient (Wildman–Crippen LogP) is 0.431. The number of rotatable bonds is 4. The number of ether oxygens (including phenoxy) is 2. The molecular weight excluding hydrogens is 324 g/mol. The first-order valence-electron chi connectivity index (χ1n) is 7.51. The topological polar surface area (TPSA) is 93.9 Å². The third kappa shape index (κ3) is 3.73. The minimum absolute atomic E-state index is 0.0252. The molecule has 1 fully saturated rings. The zero-order valence-corrected chi connectivity index (χ0v) is 12.8. The van der Waals surface area contributed by atoms with Crippen LogP contribution in [0.25, 0.3) is 0 Å². The number of nitrogens with zero attached hydrogens (tertiary/aromatic N) is 1. The van der Waals surface area contributed by atoms with Crippen molar-refractivity contribution in [1.29, 1.82) is 0 Å². The first kappa shape index (κ1) is 16.4. The van der Waals surface area contributed by atoms with Gasteiger partial charge in [0.1, 0.15) is 0 Å². The van der Waals surface area contributed by atoms with E-state index in [0.29, 0.717) is 13.1 Å². The van der Waals surface area contributed by atoms with E-state index in [1.807, 2.05) is 0 Å². The number of halogens is 2. The lowest BCUT2D eigenvalue weighted by atomic mass is 10.1. The van der Waals surface area contributed by atoms with Gasteiger partial charge in [0.05, 0.1) is 0 Å². The number of carbonyl (C=O) groups excluding carboxylic acids is 2. The highest BCUT2D eigenvalue weighted by atomic mass is 19.3. The number of fused-ring (bicyclic) bond motifs is 1. The lowest BCUT2D eigenvalue weighted by Crippen LogP contribution is -2.39. The number of hydrogen-bond acceptors (Lipinski definition) is 5. The minimum Gasteiger partial charge on any atom is -0.395 e. The van der Waals surface area contributed by atoms with Gasteiger partial charge in [-0.05, 0) is 36.6 Å². The summed E-state index contributed by atoms with van der Waals surface area (Å²) in [6.45, 7) is 2.49. The molecule has 0 aliphatic carbocycles. The molecule has 3 rings (SSSR count). The monoisotopic (exact) mass is 341 g/mol. The highest BCUT2D eigenvalue weighted by Gasteiger charge is 2.43. The summed E-state index contributed by atoms with van der Waals surface area (Å²) in [5.41, 5.74) is 5.71. The van der Waals surface area contributed by atoms with Gasteiger partial charge in [-0.25, -0.2) is 0 Å². The van der Waals surface area contributed by atoms with Crippen molar-refractivity contribution < 1.29 is 27.8 Å². The van der Waals surface area contributed by atoms with Crippen LogP contribution in [0.15, 0.2) is 18.2 Å². The van der Waals surface area contributed by atoms with E-state index in [0.717, 1.165) is 25.1 Å². The molecule has 0 aromatic heterocycles. The lowest BCUT2D eigenvalue weighted by Gasteiger charge is -2.16. The molecule has 1 aromatic rings. The molecule has 0 spiro atoms. The number of likely N-dealkylation sites (tertiary alicyclic amines) is 1. The van der Waals surface area contributed by atoms with E-state index in [9.17, 15) is 18.4 Å². The van der Waals surface area contributed by atoms with Gasteiger partial charge >= 0.3 is 18.1 Å². The number of amides is 2. The predicted molar refractivity (Wildman–Crippen MR) is 78.2 cm³/mol. The first-order chi connectivity index (χ1) is 11.3. The fourth-order valence-electron chi connectivity index (χ4n) is 2.90. The summed E-state index contributed by atoms with van der Waals surface area (Å²) in [6.07, 6.45) is -2.75. The Morgan fingerprint density at radius 3 is 2.83 bits per heavy atom. The number of hydrogen-bond donors (Lipinski definition) is 2. The number of primary amides is 1. The lowest BCUT2D eigenvalue weighted by molar-refractivity contribution is -0.286. The fraction of sp³-hybridized carbons (Fsp3) is 0.467.